The second-order valence-corrected chi connectivity index (χ2v) is 10.7. The summed E-state index contributed by atoms with van der Waals surface area (Å²) in [5.41, 5.74) is 1.35. The summed E-state index contributed by atoms with van der Waals surface area (Å²) in [6, 6.07) is 3.72. The first-order valence-corrected chi connectivity index (χ1v) is 13.3. The number of alkyl halides is 3. The molecule has 0 bridgehead atoms. The lowest BCUT2D eigenvalue weighted by molar-refractivity contribution is -0.142. The molecule has 2 heterocycles. The molecule has 2 aromatic heterocycles. The number of nitrogens with zero attached hydrogens (tertiary/aromatic N) is 1. The summed E-state index contributed by atoms with van der Waals surface area (Å²) in [7, 11) is 0. The zero-order valence-electron chi connectivity index (χ0n) is 19.9. The number of carbonyl (C=O) groups excluding carboxylic acids is 1. The van der Waals surface area contributed by atoms with E-state index in [1.54, 1.807) is 18.7 Å². The van der Waals surface area contributed by atoms with E-state index in [0.717, 1.165) is 75.2 Å². The zero-order valence-corrected chi connectivity index (χ0v) is 21.5. The summed E-state index contributed by atoms with van der Waals surface area (Å²) >= 11 is 3.15. The Morgan fingerprint density at radius 3 is 2.68 bits per heavy atom. The number of furan rings is 1. The molecule has 0 radical (unpaired) electrons. The number of hydrogen-bond donors (Lipinski definition) is 0. The molecule has 0 saturated carbocycles. The second kappa shape index (κ2) is 11.6. The van der Waals surface area contributed by atoms with E-state index in [-0.39, 0.29) is 23.9 Å². The number of benzene rings is 1. The number of esters is 1. The minimum Gasteiger partial charge on any atom is -0.466 e. The first-order valence-electron chi connectivity index (χ1n) is 11.5. The number of fused-ring (bicyclic) bond motifs is 1. The van der Waals surface area contributed by atoms with Gasteiger partial charge in [-0.05, 0) is 51.3 Å². The van der Waals surface area contributed by atoms with Crippen LogP contribution in [0.15, 0.2) is 27.0 Å². The molecule has 0 aliphatic carbocycles. The summed E-state index contributed by atoms with van der Waals surface area (Å²) in [4.78, 5) is 17.3. The van der Waals surface area contributed by atoms with Crippen molar-refractivity contribution < 1.29 is 27.1 Å². The Bertz CT molecular complexity index is 1120. The van der Waals surface area contributed by atoms with Crippen LogP contribution < -0.4 is 0 Å². The van der Waals surface area contributed by atoms with Crippen LogP contribution in [0.25, 0.3) is 11.0 Å². The summed E-state index contributed by atoms with van der Waals surface area (Å²) in [5.74, 6) is 1.44. The third-order valence-electron chi connectivity index (χ3n) is 5.75. The van der Waals surface area contributed by atoms with E-state index in [2.05, 4.69) is 11.9 Å². The van der Waals surface area contributed by atoms with Crippen molar-refractivity contribution in [2.45, 2.75) is 76.2 Å². The van der Waals surface area contributed by atoms with Crippen LogP contribution in [-0.2, 0) is 22.1 Å². The van der Waals surface area contributed by atoms with Gasteiger partial charge in [0.05, 0.1) is 24.3 Å². The molecule has 34 heavy (non-hydrogen) atoms. The van der Waals surface area contributed by atoms with Crippen molar-refractivity contribution in [1.82, 2.24) is 4.98 Å². The van der Waals surface area contributed by atoms with Crippen LogP contribution in [0.1, 0.15) is 72.9 Å². The van der Waals surface area contributed by atoms with Crippen molar-refractivity contribution in [1.29, 1.82) is 0 Å². The minimum absolute atomic E-state index is 0.120. The molecule has 0 amide bonds. The van der Waals surface area contributed by atoms with Crippen molar-refractivity contribution in [2.75, 3.05) is 12.4 Å². The first-order chi connectivity index (χ1) is 16.1. The van der Waals surface area contributed by atoms with Gasteiger partial charge in [-0.15, -0.1) is 11.3 Å². The Morgan fingerprint density at radius 1 is 1.24 bits per heavy atom. The third-order valence-corrected chi connectivity index (χ3v) is 8.09. The van der Waals surface area contributed by atoms with Crippen LogP contribution in [0.3, 0.4) is 0 Å². The number of thioether (sulfide) groups is 1. The fourth-order valence-corrected chi connectivity index (χ4v) is 6.27. The highest BCUT2D eigenvalue weighted by atomic mass is 32.2. The van der Waals surface area contributed by atoms with E-state index in [9.17, 15) is 18.0 Å². The molecule has 0 saturated heterocycles. The van der Waals surface area contributed by atoms with Crippen LogP contribution in [-0.4, -0.2) is 23.3 Å². The Labute approximate surface area is 206 Å². The Morgan fingerprint density at radius 2 is 2.00 bits per heavy atom. The number of carbonyl (C=O) groups is 1. The Kier molecular flexibility index (Phi) is 9.09. The lowest BCUT2D eigenvalue weighted by Gasteiger charge is -2.15. The van der Waals surface area contributed by atoms with Gasteiger partial charge in [0.2, 0.25) is 0 Å². The standard InChI is InChI=1S/C25H30F3NO3S2/c1-5-7-8-17(11-12-33-24-29-16(4)21(34-24)14-22(30)31-6-2)23-15(3)19-10-9-18(25(26,27)28)13-20(19)32-23/h9-10,13,17H,5-8,11-12,14H2,1-4H3. The molecule has 1 aromatic carbocycles. The molecule has 1 unspecified atom stereocenters. The van der Waals surface area contributed by atoms with E-state index < -0.39 is 11.7 Å². The monoisotopic (exact) mass is 513 g/mol. The van der Waals surface area contributed by atoms with Gasteiger partial charge in [0.15, 0.2) is 0 Å². The average molecular weight is 514 g/mol. The van der Waals surface area contributed by atoms with E-state index in [1.807, 2.05) is 13.8 Å². The summed E-state index contributed by atoms with van der Waals surface area (Å²) in [5, 5.41) is 0.733. The van der Waals surface area contributed by atoms with Crippen LogP contribution in [0, 0.1) is 13.8 Å². The molecule has 3 aromatic rings. The topological polar surface area (TPSA) is 52.3 Å². The van der Waals surface area contributed by atoms with E-state index in [1.165, 1.54) is 17.4 Å². The predicted octanol–water partition coefficient (Wildman–Crippen LogP) is 8.09. The van der Waals surface area contributed by atoms with Crippen molar-refractivity contribution in [3.8, 4) is 0 Å². The van der Waals surface area contributed by atoms with E-state index in [0.29, 0.717) is 6.61 Å². The van der Waals surface area contributed by atoms with Crippen molar-refractivity contribution in [3.63, 3.8) is 0 Å². The number of unbranched alkanes of at least 4 members (excludes halogenated alkanes) is 1. The van der Waals surface area contributed by atoms with Crippen LogP contribution in [0.2, 0.25) is 0 Å². The van der Waals surface area contributed by atoms with Gasteiger partial charge in [-0.2, -0.15) is 13.2 Å². The van der Waals surface area contributed by atoms with Gasteiger partial charge >= 0.3 is 12.1 Å². The van der Waals surface area contributed by atoms with E-state index in [4.69, 9.17) is 9.15 Å². The van der Waals surface area contributed by atoms with Gasteiger partial charge in [-0.25, -0.2) is 4.98 Å². The molecule has 0 aliphatic heterocycles. The SMILES string of the molecule is CCCCC(CCSc1nc(C)c(CC(=O)OCC)s1)c1oc2cc(C(F)(F)F)ccc2c1C. The first kappa shape index (κ1) is 26.6. The quantitative estimate of drug-likeness (QED) is 0.192. The maximum absolute atomic E-state index is 13.1. The smallest absolute Gasteiger partial charge is 0.416 e. The number of rotatable bonds is 11. The lowest BCUT2D eigenvalue weighted by Crippen LogP contribution is -2.07. The molecular weight excluding hydrogens is 483 g/mol. The average Bonchev–Trinajstić information content (AvgIpc) is 3.29. The van der Waals surface area contributed by atoms with Crippen molar-refractivity contribution >= 4 is 40.0 Å². The molecule has 4 nitrogen and oxygen atoms in total. The highest BCUT2D eigenvalue weighted by Gasteiger charge is 2.31. The van der Waals surface area contributed by atoms with Gasteiger partial charge in [0, 0.05) is 21.9 Å². The van der Waals surface area contributed by atoms with Gasteiger partial charge in [-0.1, -0.05) is 37.6 Å². The largest absolute Gasteiger partial charge is 0.466 e. The summed E-state index contributed by atoms with van der Waals surface area (Å²) in [6.45, 7) is 8.08. The third kappa shape index (κ3) is 6.56. The van der Waals surface area contributed by atoms with Crippen LogP contribution in [0.5, 0.6) is 0 Å². The van der Waals surface area contributed by atoms with E-state index >= 15 is 0 Å². The lowest BCUT2D eigenvalue weighted by atomic mass is 9.93. The van der Waals surface area contributed by atoms with Gasteiger partial charge in [-0.3, -0.25) is 4.79 Å². The highest BCUT2D eigenvalue weighted by molar-refractivity contribution is 8.01. The molecule has 9 heteroatoms. The number of aromatic nitrogens is 1. The normalized spacial score (nSPS) is 12.9. The fraction of sp³-hybridized carbons (Fsp3) is 0.520. The van der Waals surface area contributed by atoms with Crippen LogP contribution >= 0.6 is 23.1 Å². The number of ether oxygens (including phenoxy) is 1. The van der Waals surface area contributed by atoms with Crippen molar-refractivity contribution in [2.24, 2.45) is 0 Å². The van der Waals surface area contributed by atoms with Gasteiger partial charge in [0.25, 0.3) is 0 Å². The van der Waals surface area contributed by atoms with Crippen molar-refractivity contribution in [3.05, 3.63) is 45.7 Å². The summed E-state index contributed by atoms with van der Waals surface area (Å²) in [6.07, 6.45) is -0.387. The Hall–Kier alpha value is -2.00. The zero-order chi connectivity index (χ0) is 24.9. The van der Waals surface area contributed by atoms with Crippen LogP contribution in [0.4, 0.5) is 13.2 Å². The molecule has 0 aliphatic rings. The number of hydrogen-bond acceptors (Lipinski definition) is 6. The predicted molar refractivity (Wildman–Crippen MR) is 131 cm³/mol. The molecular formula is C25H30F3NO3S2. The molecule has 1 atom stereocenters. The molecule has 186 valence electrons. The highest BCUT2D eigenvalue weighted by Crippen LogP contribution is 2.39. The second-order valence-electron chi connectivity index (χ2n) is 8.25. The molecule has 0 N–H and O–H groups in total. The Balaban J connectivity index is 1.73. The number of halogens is 3. The molecule has 0 fully saturated rings. The van der Waals surface area contributed by atoms with Gasteiger partial charge < -0.3 is 9.15 Å². The number of thiazole rings is 1. The summed E-state index contributed by atoms with van der Waals surface area (Å²) < 4.78 is 51.4. The minimum atomic E-state index is -4.40. The maximum atomic E-state index is 13.1. The maximum Gasteiger partial charge on any atom is 0.416 e. The molecule has 3 rings (SSSR count). The number of aryl methyl sites for hydroxylation is 2. The van der Waals surface area contributed by atoms with Gasteiger partial charge in [0.1, 0.15) is 15.7 Å². The fourth-order valence-electron chi connectivity index (χ4n) is 3.93. The molecule has 0 spiro atoms.